The number of nitrogens with zero attached hydrogens (tertiary/aromatic N) is 1. The monoisotopic (exact) mass is 134 g/mol. The van der Waals surface area contributed by atoms with Gasteiger partial charge in [0.1, 0.15) is 0 Å². The molecule has 51 valence electrons. The summed E-state index contributed by atoms with van der Waals surface area (Å²) in [6.45, 7) is 3.53. The third-order valence-electron chi connectivity index (χ3n) is 0.965. The molecular weight excluding hydrogens is 126 g/mol. The highest BCUT2D eigenvalue weighted by Gasteiger charge is 1.84. The highest BCUT2D eigenvalue weighted by atomic mass is 16.5. The second-order valence-electron chi connectivity index (χ2n) is 1.70. The number of allylic oxidation sites excluding steroid dienone is 3. The van der Waals surface area contributed by atoms with Crippen molar-refractivity contribution in [1.29, 1.82) is 0 Å². The molecule has 0 aliphatic heterocycles. The van der Waals surface area contributed by atoms with Gasteiger partial charge in [-0.1, -0.05) is 23.4 Å². The lowest BCUT2D eigenvalue weighted by atomic mass is 10.4. The van der Waals surface area contributed by atoms with E-state index in [4.69, 9.17) is 4.52 Å². The topological polar surface area (TPSA) is 26.0 Å². The van der Waals surface area contributed by atoms with Crippen molar-refractivity contribution in [2.75, 3.05) is 0 Å². The fraction of sp³-hybridized carbons (Fsp3) is 0. The van der Waals surface area contributed by atoms with E-state index < -0.39 is 0 Å². The van der Waals surface area contributed by atoms with Crippen LogP contribution >= 0.6 is 0 Å². The number of aromatic nitrogens is 1. The van der Waals surface area contributed by atoms with Crippen molar-refractivity contribution in [3.05, 3.63) is 43.2 Å². The van der Waals surface area contributed by atoms with Crippen molar-refractivity contribution in [1.82, 2.24) is 5.16 Å². The molecule has 1 rings (SSSR count). The molecule has 2 heteroatoms. The van der Waals surface area contributed by atoms with Gasteiger partial charge >= 0.3 is 0 Å². The summed E-state index contributed by atoms with van der Waals surface area (Å²) in [5, 5.41) is 3.53. The maximum Gasteiger partial charge on any atom is 0.159 e. The van der Waals surface area contributed by atoms with Gasteiger partial charge in [-0.25, -0.2) is 0 Å². The van der Waals surface area contributed by atoms with E-state index in [-0.39, 0.29) is 0 Å². The van der Waals surface area contributed by atoms with E-state index in [1.165, 1.54) is 0 Å². The van der Waals surface area contributed by atoms with Gasteiger partial charge in [0.2, 0.25) is 0 Å². The van der Waals surface area contributed by atoms with Gasteiger partial charge < -0.3 is 4.52 Å². The molecule has 1 aromatic heterocycles. The lowest BCUT2D eigenvalue weighted by Gasteiger charge is -1.75. The molecule has 0 saturated carbocycles. The smallest absolute Gasteiger partial charge is 0.159 e. The van der Waals surface area contributed by atoms with Gasteiger partial charge in [-0.2, -0.15) is 0 Å². The second-order valence-corrected chi connectivity index (χ2v) is 1.70. The van der Waals surface area contributed by atoms with Crippen LogP contribution in [0.3, 0.4) is 0 Å². The zero-order valence-corrected chi connectivity index (χ0v) is 5.53. The molecule has 0 fully saturated rings. The normalized spacial score (nSPS) is 11.7. The van der Waals surface area contributed by atoms with E-state index in [9.17, 15) is 0 Å². The molecular formula is C8H8NO. The molecule has 0 aliphatic rings. The quantitative estimate of drug-likeness (QED) is 0.579. The third-order valence-corrected chi connectivity index (χ3v) is 0.965. The van der Waals surface area contributed by atoms with Crippen molar-refractivity contribution < 1.29 is 4.52 Å². The molecule has 0 aromatic carbocycles. The van der Waals surface area contributed by atoms with Gasteiger partial charge in [0, 0.05) is 6.07 Å². The van der Waals surface area contributed by atoms with Gasteiger partial charge in [-0.05, 0) is 13.0 Å². The van der Waals surface area contributed by atoms with Gasteiger partial charge in [0.25, 0.3) is 0 Å². The molecule has 1 aromatic rings. The summed E-state index contributed by atoms with van der Waals surface area (Å²) in [4.78, 5) is 0. The summed E-state index contributed by atoms with van der Waals surface area (Å²) in [5.41, 5.74) is 0. The predicted molar refractivity (Wildman–Crippen MR) is 40.0 cm³/mol. The van der Waals surface area contributed by atoms with Crippen molar-refractivity contribution >= 4 is 6.08 Å². The minimum Gasteiger partial charge on any atom is -0.357 e. The highest BCUT2D eigenvalue weighted by molar-refractivity contribution is 5.43. The molecule has 1 heterocycles. The van der Waals surface area contributed by atoms with Gasteiger partial charge in [-0.15, -0.1) is 0 Å². The third kappa shape index (κ3) is 1.90. The van der Waals surface area contributed by atoms with Crippen molar-refractivity contribution in [2.45, 2.75) is 0 Å². The lowest BCUT2D eigenvalue weighted by molar-refractivity contribution is 0.413. The Labute approximate surface area is 59.8 Å². The van der Waals surface area contributed by atoms with E-state index in [2.05, 4.69) is 12.1 Å². The minimum atomic E-state index is 0.748. The van der Waals surface area contributed by atoms with Crippen LogP contribution < -0.4 is 0 Å². The minimum absolute atomic E-state index is 0.748. The first-order valence-corrected chi connectivity index (χ1v) is 2.96. The van der Waals surface area contributed by atoms with Gasteiger partial charge in [0.15, 0.2) is 5.76 Å². The average Bonchev–Trinajstić information content (AvgIpc) is 2.41. The second kappa shape index (κ2) is 3.67. The molecule has 0 bridgehead atoms. The molecule has 1 radical (unpaired) electrons. The Hall–Kier alpha value is -1.31. The van der Waals surface area contributed by atoms with E-state index >= 15 is 0 Å². The van der Waals surface area contributed by atoms with Crippen LogP contribution in [0.1, 0.15) is 5.76 Å². The molecule has 0 unspecified atom stereocenters. The standard InChI is InChI=1S/C8H8NO/c1-2-3-4-5-8-6-7-9-10-8/h2-7H,1H2. The summed E-state index contributed by atoms with van der Waals surface area (Å²) < 4.78 is 4.79. The lowest BCUT2D eigenvalue weighted by Crippen LogP contribution is -1.57. The Balaban J connectivity index is 2.55. The van der Waals surface area contributed by atoms with Crippen molar-refractivity contribution in [3.8, 4) is 0 Å². The van der Waals surface area contributed by atoms with E-state index in [1.54, 1.807) is 18.3 Å². The number of hydrogen-bond donors (Lipinski definition) is 0. The number of rotatable bonds is 2. The number of hydrogen-bond acceptors (Lipinski definition) is 2. The molecule has 0 N–H and O–H groups in total. The zero-order valence-electron chi connectivity index (χ0n) is 5.53. The highest BCUT2D eigenvalue weighted by Crippen LogP contribution is 1.98. The first kappa shape index (κ1) is 6.81. The van der Waals surface area contributed by atoms with Crippen LogP contribution in [-0.4, -0.2) is 5.16 Å². The van der Waals surface area contributed by atoms with Crippen molar-refractivity contribution in [2.24, 2.45) is 0 Å². The van der Waals surface area contributed by atoms with Gasteiger partial charge in [0.05, 0.1) is 6.20 Å². The molecule has 0 amide bonds. The summed E-state index contributed by atoms with van der Waals surface area (Å²) in [7, 11) is 0. The molecule has 0 spiro atoms. The summed E-state index contributed by atoms with van der Waals surface area (Å²) in [6.07, 6.45) is 8.78. The van der Waals surface area contributed by atoms with Crippen molar-refractivity contribution in [3.63, 3.8) is 0 Å². The van der Waals surface area contributed by atoms with Crippen LogP contribution in [0.5, 0.6) is 0 Å². The zero-order chi connectivity index (χ0) is 7.23. The molecule has 0 atom stereocenters. The Bertz CT molecular complexity index is 221. The molecule has 2 nitrogen and oxygen atoms in total. The molecule has 10 heavy (non-hydrogen) atoms. The average molecular weight is 134 g/mol. The van der Waals surface area contributed by atoms with Crippen LogP contribution in [0.4, 0.5) is 0 Å². The Morgan fingerprint density at radius 2 is 2.40 bits per heavy atom. The summed E-state index contributed by atoms with van der Waals surface area (Å²) in [5.74, 6) is 0.748. The van der Waals surface area contributed by atoms with E-state index in [1.807, 2.05) is 18.2 Å². The maximum absolute atomic E-state index is 4.79. The van der Waals surface area contributed by atoms with Crippen LogP contribution in [0.2, 0.25) is 0 Å². The van der Waals surface area contributed by atoms with E-state index in [0.29, 0.717) is 0 Å². The fourth-order valence-corrected chi connectivity index (χ4v) is 0.541. The Morgan fingerprint density at radius 3 is 3.00 bits per heavy atom. The van der Waals surface area contributed by atoms with Crippen LogP contribution in [-0.2, 0) is 0 Å². The van der Waals surface area contributed by atoms with Gasteiger partial charge in [-0.3, -0.25) is 0 Å². The van der Waals surface area contributed by atoms with Crippen LogP contribution in [0.25, 0.3) is 6.08 Å². The first-order valence-electron chi connectivity index (χ1n) is 2.96. The summed E-state index contributed by atoms with van der Waals surface area (Å²) >= 11 is 0. The van der Waals surface area contributed by atoms with E-state index in [0.717, 1.165) is 5.76 Å². The van der Waals surface area contributed by atoms with Crippen LogP contribution in [0, 0.1) is 6.92 Å². The fourth-order valence-electron chi connectivity index (χ4n) is 0.541. The first-order chi connectivity index (χ1) is 4.93. The largest absolute Gasteiger partial charge is 0.357 e. The molecule has 0 aliphatic carbocycles. The summed E-state index contributed by atoms with van der Waals surface area (Å²) in [6, 6.07) is 1.79. The Kier molecular flexibility index (Phi) is 2.49. The van der Waals surface area contributed by atoms with Crippen LogP contribution in [0.15, 0.2) is 35.0 Å². The SMILES string of the molecule is [CH2]C=CC=Cc1ccno1. The molecule has 0 saturated heterocycles. The predicted octanol–water partition coefficient (Wildman–Crippen LogP) is 2.08. The Morgan fingerprint density at radius 1 is 1.50 bits per heavy atom. The maximum atomic E-state index is 4.79.